The minimum atomic E-state index is -0.726. The second-order valence-electron chi connectivity index (χ2n) is 13.6. The van der Waals surface area contributed by atoms with E-state index in [-0.39, 0.29) is 54.9 Å². The molecule has 2 saturated carbocycles. The minimum Gasteiger partial charge on any atom is -0.472 e. The zero-order valence-electron chi connectivity index (χ0n) is 24.6. The van der Waals surface area contributed by atoms with Crippen LogP contribution >= 0.6 is 0 Å². The summed E-state index contributed by atoms with van der Waals surface area (Å²) in [6.45, 7) is 12.7. The van der Waals surface area contributed by atoms with Crippen molar-refractivity contribution in [3.8, 4) is 0 Å². The van der Waals surface area contributed by atoms with E-state index < -0.39 is 34.4 Å². The smallest absolute Gasteiger partial charge is 0.330 e. The van der Waals surface area contributed by atoms with Gasteiger partial charge in [-0.1, -0.05) is 31.9 Å². The number of methoxy groups -OCH3 is 1. The molecular formula is C32H42O8. The molecule has 1 aromatic rings. The van der Waals surface area contributed by atoms with Crippen LogP contribution in [-0.2, 0) is 28.5 Å². The number of allylic oxidation sites excluding steroid dienone is 2. The van der Waals surface area contributed by atoms with Crippen LogP contribution in [0.1, 0.15) is 72.3 Å². The fourth-order valence-electron chi connectivity index (χ4n) is 9.73. The largest absolute Gasteiger partial charge is 0.472 e. The molecule has 3 aliphatic carbocycles. The van der Waals surface area contributed by atoms with E-state index >= 15 is 0 Å². The lowest BCUT2D eigenvalue weighted by atomic mass is 9.40. The van der Waals surface area contributed by atoms with Gasteiger partial charge in [-0.3, -0.25) is 4.79 Å². The Kier molecular flexibility index (Phi) is 6.45. The van der Waals surface area contributed by atoms with Crippen molar-refractivity contribution in [2.45, 2.75) is 97.2 Å². The predicted octanol–water partition coefficient (Wildman–Crippen LogP) is 4.72. The molecule has 5 aliphatic rings. The van der Waals surface area contributed by atoms with Gasteiger partial charge in [0.1, 0.15) is 6.10 Å². The number of aliphatic hydroxyl groups is 1. The van der Waals surface area contributed by atoms with Crippen LogP contribution in [0.3, 0.4) is 0 Å². The van der Waals surface area contributed by atoms with Gasteiger partial charge in [0.05, 0.1) is 50.7 Å². The average molecular weight is 555 g/mol. The maximum Gasteiger partial charge on any atom is 0.330 e. The molecule has 1 N–H and O–H groups in total. The Balaban J connectivity index is 1.53. The molecule has 8 heteroatoms. The van der Waals surface area contributed by atoms with Gasteiger partial charge in [0.2, 0.25) is 0 Å². The highest BCUT2D eigenvalue weighted by Gasteiger charge is 2.78. The Morgan fingerprint density at radius 1 is 1.20 bits per heavy atom. The summed E-state index contributed by atoms with van der Waals surface area (Å²) in [5.41, 5.74) is 2.57. The van der Waals surface area contributed by atoms with Gasteiger partial charge in [0.15, 0.2) is 0 Å². The van der Waals surface area contributed by atoms with E-state index in [1.54, 1.807) is 12.5 Å². The van der Waals surface area contributed by atoms with Crippen LogP contribution in [0.5, 0.6) is 0 Å². The minimum absolute atomic E-state index is 0.120. The first-order chi connectivity index (χ1) is 18.9. The molecule has 0 amide bonds. The first-order valence-electron chi connectivity index (χ1n) is 14.5. The number of furan rings is 1. The molecule has 11 unspecified atom stereocenters. The highest BCUT2D eigenvalue weighted by atomic mass is 16.6. The third-order valence-electron chi connectivity index (χ3n) is 11.4. The summed E-state index contributed by atoms with van der Waals surface area (Å²) in [4.78, 5) is 26.2. The van der Waals surface area contributed by atoms with Gasteiger partial charge in [0.25, 0.3) is 0 Å². The molecule has 4 fully saturated rings. The number of carbonyl (C=O) groups is 2. The molecule has 2 aliphatic heterocycles. The standard InChI is InChI=1S/C32H42O8/c1-16(2)10-25(35)40-23-13-22(33)30(4)15-38-27-28(30)31(23,5)21(12-24(34)36-7)32(6)26-17(3)19(18-8-9-37-14-18)11-20(26)39-29(27)32/h8-10,14,19-23,27-29,33H,11-13,15H2,1-7H3. The summed E-state index contributed by atoms with van der Waals surface area (Å²) in [5, 5.41) is 11.5. The Morgan fingerprint density at radius 2 is 1.95 bits per heavy atom. The van der Waals surface area contributed by atoms with Crippen molar-refractivity contribution < 1.29 is 38.1 Å². The second-order valence-corrected chi connectivity index (χ2v) is 13.6. The topological polar surface area (TPSA) is 104 Å². The summed E-state index contributed by atoms with van der Waals surface area (Å²) in [5.74, 6) is -1.05. The van der Waals surface area contributed by atoms with Crippen molar-refractivity contribution >= 4 is 11.9 Å². The molecule has 2 saturated heterocycles. The van der Waals surface area contributed by atoms with Crippen LogP contribution in [0.25, 0.3) is 0 Å². The molecule has 11 atom stereocenters. The quantitative estimate of drug-likeness (QED) is 0.317. The summed E-state index contributed by atoms with van der Waals surface area (Å²) >= 11 is 0. The molecule has 0 aromatic carbocycles. The van der Waals surface area contributed by atoms with E-state index in [4.69, 9.17) is 23.4 Å². The lowest BCUT2D eigenvalue weighted by molar-refractivity contribution is -0.248. The zero-order chi connectivity index (χ0) is 28.8. The number of ether oxygens (including phenoxy) is 4. The number of aliphatic hydroxyl groups excluding tert-OH is 1. The normalized spacial score (nSPS) is 45.0. The van der Waals surface area contributed by atoms with Gasteiger partial charge >= 0.3 is 11.9 Å². The summed E-state index contributed by atoms with van der Waals surface area (Å²) < 4.78 is 30.4. The van der Waals surface area contributed by atoms with Crippen molar-refractivity contribution in [2.24, 2.45) is 28.1 Å². The van der Waals surface area contributed by atoms with Crippen LogP contribution in [0.4, 0.5) is 0 Å². The van der Waals surface area contributed by atoms with Gasteiger partial charge in [-0.25, -0.2) is 4.79 Å². The van der Waals surface area contributed by atoms with Gasteiger partial charge in [-0.2, -0.15) is 0 Å². The highest BCUT2D eigenvalue weighted by Crippen LogP contribution is 2.73. The Labute approximate surface area is 236 Å². The molecule has 8 nitrogen and oxygen atoms in total. The van der Waals surface area contributed by atoms with E-state index in [0.29, 0.717) is 6.61 Å². The maximum absolute atomic E-state index is 13.2. The summed E-state index contributed by atoms with van der Waals surface area (Å²) in [7, 11) is 1.42. The second kappa shape index (κ2) is 9.30. The van der Waals surface area contributed by atoms with Crippen LogP contribution in [0.15, 0.2) is 45.8 Å². The van der Waals surface area contributed by atoms with Crippen molar-refractivity contribution in [3.63, 3.8) is 0 Å². The highest BCUT2D eigenvalue weighted by molar-refractivity contribution is 5.82. The van der Waals surface area contributed by atoms with Gasteiger partial charge < -0.3 is 28.5 Å². The number of rotatable bonds is 5. The number of esters is 2. The van der Waals surface area contributed by atoms with Crippen molar-refractivity contribution in [1.29, 1.82) is 0 Å². The summed E-state index contributed by atoms with van der Waals surface area (Å²) in [6.07, 6.45) is 4.13. The Morgan fingerprint density at radius 3 is 2.60 bits per heavy atom. The molecule has 0 bridgehead atoms. The van der Waals surface area contributed by atoms with Gasteiger partial charge in [0, 0.05) is 47.0 Å². The van der Waals surface area contributed by atoms with E-state index in [1.807, 2.05) is 19.9 Å². The molecule has 0 spiro atoms. The Bertz CT molecular complexity index is 1260. The molecular weight excluding hydrogens is 512 g/mol. The molecule has 218 valence electrons. The molecule has 6 rings (SSSR count). The lowest BCUT2D eigenvalue weighted by Gasteiger charge is -2.65. The van der Waals surface area contributed by atoms with Gasteiger partial charge in [-0.15, -0.1) is 0 Å². The Hall–Kier alpha value is -2.42. The number of fused-ring (bicyclic) bond motifs is 4. The molecule has 1 aromatic heterocycles. The van der Waals surface area contributed by atoms with Gasteiger partial charge in [-0.05, 0) is 50.3 Å². The lowest BCUT2D eigenvalue weighted by Crippen LogP contribution is -2.70. The van der Waals surface area contributed by atoms with E-state index in [2.05, 4.69) is 27.7 Å². The van der Waals surface area contributed by atoms with Crippen molar-refractivity contribution in [1.82, 2.24) is 0 Å². The van der Waals surface area contributed by atoms with Crippen LogP contribution in [-0.4, -0.2) is 61.3 Å². The molecule has 3 heterocycles. The average Bonchev–Trinajstić information content (AvgIpc) is 3.65. The van der Waals surface area contributed by atoms with E-state index in [9.17, 15) is 14.7 Å². The first kappa shape index (κ1) is 27.7. The molecule has 40 heavy (non-hydrogen) atoms. The molecule has 0 radical (unpaired) electrons. The third kappa shape index (κ3) is 3.61. The first-order valence-corrected chi connectivity index (χ1v) is 14.5. The number of hydrogen-bond acceptors (Lipinski definition) is 8. The number of hydrogen-bond donors (Lipinski definition) is 1. The predicted molar refractivity (Wildman–Crippen MR) is 145 cm³/mol. The fraction of sp³-hybridized carbons (Fsp3) is 0.688. The monoisotopic (exact) mass is 554 g/mol. The van der Waals surface area contributed by atoms with E-state index in [1.165, 1.54) is 24.3 Å². The van der Waals surface area contributed by atoms with Crippen LogP contribution < -0.4 is 0 Å². The third-order valence-corrected chi connectivity index (χ3v) is 11.4. The zero-order valence-corrected chi connectivity index (χ0v) is 24.6. The summed E-state index contributed by atoms with van der Waals surface area (Å²) in [6, 6.07) is 2.01. The number of carbonyl (C=O) groups excluding carboxylic acids is 2. The van der Waals surface area contributed by atoms with Crippen LogP contribution in [0.2, 0.25) is 0 Å². The maximum atomic E-state index is 13.2. The fourth-order valence-corrected chi connectivity index (χ4v) is 9.73. The van der Waals surface area contributed by atoms with Crippen molar-refractivity contribution in [3.05, 3.63) is 47.0 Å². The van der Waals surface area contributed by atoms with Crippen molar-refractivity contribution in [2.75, 3.05) is 13.7 Å². The van der Waals surface area contributed by atoms with Crippen LogP contribution in [0, 0.1) is 28.1 Å². The SMILES string of the molecule is COC(=O)CC1C2(C)C3=C(C)C(c4ccoc4)CC3OC2C2OCC3(C)C(O)CC(OC(=O)C=C(C)C)C1(C)C23. The van der Waals surface area contributed by atoms with E-state index in [0.717, 1.165) is 17.6 Å².